The Bertz CT molecular complexity index is 626. The zero-order valence-electron chi connectivity index (χ0n) is 8.31. The highest BCUT2D eigenvalue weighted by molar-refractivity contribution is 9.11. The van der Waals surface area contributed by atoms with Gasteiger partial charge in [0, 0.05) is 8.95 Å². The van der Waals surface area contributed by atoms with Gasteiger partial charge in [-0.1, -0.05) is 15.9 Å². The first kappa shape index (κ1) is 12.6. The zero-order valence-corrected chi connectivity index (χ0v) is 12.3. The van der Waals surface area contributed by atoms with E-state index in [0.717, 1.165) is 4.47 Å². The first-order valence-corrected chi connectivity index (χ1v) is 7.53. The molecule has 0 aliphatic heterocycles. The van der Waals surface area contributed by atoms with E-state index in [2.05, 4.69) is 46.8 Å². The number of nitrogens with zero attached hydrogens (tertiary/aromatic N) is 1. The van der Waals surface area contributed by atoms with E-state index < -0.39 is 10.0 Å². The minimum atomic E-state index is -3.62. The zero-order chi connectivity index (χ0) is 12.5. The van der Waals surface area contributed by atoms with Crippen LogP contribution in [0.15, 0.2) is 44.4 Å². The van der Waals surface area contributed by atoms with E-state index in [1.54, 1.807) is 18.2 Å². The van der Waals surface area contributed by atoms with Gasteiger partial charge in [0.05, 0.1) is 11.9 Å². The maximum Gasteiger partial charge on any atom is 0.278 e. The Hall–Kier alpha value is -0.860. The van der Waals surface area contributed by atoms with Gasteiger partial charge in [-0.25, -0.2) is 0 Å². The molecule has 17 heavy (non-hydrogen) atoms. The maximum absolute atomic E-state index is 11.9. The number of H-pyrrole nitrogens is 1. The van der Waals surface area contributed by atoms with Crippen molar-refractivity contribution in [3.63, 3.8) is 0 Å². The molecular formula is C9H7Br2N3O2S. The summed E-state index contributed by atoms with van der Waals surface area (Å²) in [4.78, 5) is 0. The van der Waals surface area contributed by atoms with Gasteiger partial charge in [-0.05, 0) is 40.2 Å². The van der Waals surface area contributed by atoms with Crippen LogP contribution in [0.2, 0.25) is 0 Å². The van der Waals surface area contributed by atoms with Gasteiger partial charge in [0.25, 0.3) is 10.0 Å². The third-order valence-corrected chi connectivity index (χ3v) is 4.38. The van der Waals surface area contributed by atoms with Gasteiger partial charge in [-0.3, -0.25) is 9.82 Å². The Morgan fingerprint density at radius 1 is 1.24 bits per heavy atom. The molecule has 90 valence electrons. The fourth-order valence-electron chi connectivity index (χ4n) is 1.16. The molecule has 2 N–H and O–H groups in total. The summed E-state index contributed by atoms with van der Waals surface area (Å²) in [6.45, 7) is 0. The molecule has 0 unspecified atom stereocenters. The molecule has 1 aromatic carbocycles. The molecule has 5 nitrogen and oxygen atoms in total. The summed E-state index contributed by atoms with van der Waals surface area (Å²) in [6.07, 6.45) is 1.38. The molecule has 0 atom stereocenters. The van der Waals surface area contributed by atoms with Gasteiger partial charge < -0.3 is 0 Å². The lowest BCUT2D eigenvalue weighted by atomic mass is 10.3. The van der Waals surface area contributed by atoms with Gasteiger partial charge in [0.15, 0.2) is 5.03 Å². The van der Waals surface area contributed by atoms with Crippen LogP contribution in [0.5, 0.6) is 0 Å². The number of anilines is 1. The Labute approximate surface area is 115 Å². The van der Waals surface area contributed by atoms with E-state index in [0.29, 0.717) is 10.2 Å². The number of hydrogen-bond acceptors (Lipinski definition) is 3. The molecule has 0 aliphatic rings. The number of aromatic nitrogens is 2. The van der Waals surface area contributed by atoms with Gasteiger partial charge >= 0.3 is 0 Å². The highest BCUT2D eigenvalue weighted by Gasteiger charge is 2.16. The van der Waals surface area contributed by atoms with E-state index in [1.807, 2.05) is 0 Å². The van der Waals surface area contributed by atoms with Crippen molar-refractivity contribution in [1.29, 1.82) is 0 Å². The van der Waals surface area contributed by atoms with Crippen molar-refractivity contribution in [1.82, 2.24) is 10.2 Å². The quantitative estimate of drug-likeness (QED) is 0.859. The lowest BCUT2D eigenvalue weighted by Gasteiger charge is -2.08. The second-order valence-electron chi connectivity index (χ2n) is 3.15. The van der Waals surface area contributed by atoms with E-state index in [-0.39, 0.29) is 5.03 Å². The second-order valence-corrected chi connectivity index (χ2v) is 6.57. The number of hydrogen-bond donors (Lipinski definition) is 2. The minimum absolute atomic E-state index is 0.0207. The number of sulfonamides is 1. The first-order valence-electron chi connectivity index (χ1n) is 4.46. The van der Waals surface area contributed by atoms with Crippen molar-refractivity contribution in [3.8, 4) is 0 Å². The second kappa shape index (κ2) is 4.79. The predicted molar refractivity (Wildman–Crippen MR) is 71.2 cm³/mol. The number of halogens is 2. The summed E-state index contributed by atoms with van der Waals surface area (Å²) in [5.74, 6) is 0. The van der Waals surface area contributed by atoms with E-state index in [4.69, 9.17) is 0 Å². The van der Waals surface area contributed by atoms with Crippen LogP contribution in [0, 0.1) is 0 Å². The van der Waals surface area contributed by atoms with Crippen molar-refractivity contribution in [2.75, 3.05) is 4.72 Å². The summed E-state index contributed by atoms with van der Waals surface area (Å²) in [6, 6.07) is 6.54. The van der Waals surface area contributed by atoms with Crippen LogP contribution in [-0.4, -0.2) is 18.6 Å². The van der Waals surface area contributed by atoms with Crippen LogP contribution in [0.3, 0.4) is 0 Å². The van der Waals surface area contributed by atoms with E-state index in [9.17, 15) is 8.42 Å². The molecule has 1 heterocycles. The fourth-order valence-corrected chi connectivity index (χ4v) is 3.43. The van der Waals surface area contributed by atoms with Gasteiger partial charge in [-0.15, -0.1) is 0 Å². The predicted octanol–water partition coefficient (Wildman–Crippen LogP) is 2.74. The molecule has 0 spiro atoms. The molecule has 0 saturated carbocycles. The SMILES string of the molecule is O=S(=O)(Nc1ccc(Br)cc1Br)c1ccn[nH]1. The molecule has 0 fully saturated rings. The standard InChI is InChI=1S/C9H7Br2N3O2S/c10-6-1-2-8(7(11)5-6)14-17(15,16)9-3-4-12-13-9/h1-5,14H,(H,12,13). The average molecular weight is 381 g/mol. The van der Waals surface area contributed by atoms with Crippen LogP contribution in [-0.2, 0) is 10.0 Å². The normalized spacial score (nSPS) is 11.4. The third kappa shape index (κ3) is 2.88. The Kier molecular flexibility index (Phi) is 3.55. The topological polar surface area (TPSA) is 74.8 Å². The van der Waals surface area contributed by atoms with Crippen LogP contribution in [0.4, 0.5) is 5.69 Å². The monoisotopic (exact) mass is 379 g/mol. The Morgan fingerprint density at radius 3 is 2.59 bits per heavy atom. The molecule has 0 bridgehead atoms. The molecule has 8 heteroatoms. The van der Waals surface area contributed by atoms with Crippen LogP contribution in [0.1, 0.15) is 0 Å². The van der Waals surface area contributed by atoms with Crippen molar-refractivity contribution in [3.05, 3.63) is 39.4 Å². The van der Waals surface area contributed by atoms with Crippen molar-refractivity contribution in [2.24, 2.45) is 0 Å². The average Bonchev–Trinajstić information content (AvgIpc) is 2.76. The van der Waals surface area contributed by atoms with Gasteiger partial charge in [0.1, 0.15) is 0 Å². The summed E-state index contributed by atoms with van der Waals surface area (Å²) in [5, 5.41) is 6.03. The summed E-state index contributed by atoms with van der Waals surface area (Å²) >= 11 is 6.57. The fraction of sp³-hybridized carbons (Fsp3) is 0. The molecule has 2 aromatic rings. The number of nitrogens with one attached hydrogen (secondary N) is 2. The van der Waals surface area contributed by atoms with E-state index >= 15 is 0 Å². The lowest BCUT2D eigenvalue weighted by Crippen LogP contribution is -2.13. The largest absolute Gasteiger partial charge is 0.278 e. The summed E-state index contributed by atoms with van der Waals surface area (Å²) in [5.41, 5.74) is 0.461. The molecular weight excluding hydrogens is 374 g/mol. The lowest BCUT2D eigenvalue weighted by molar-refractivity contribution is 0.597. The highest BCUT2D eigenvalue weighted by atomic mass is 79.9. The number of benzene rings is 1. The highest BCUT2D eigenvalue weighted by Crippen LogP contribution is 2.27. The molecule has 1 aromatic heterocycles. The van der Waals surface area contributed by atoms with Crippen molar-refractivity contribution < 1.29 is 8.42 Å². The number of rotatable bonds is 3. The summed E-state index contributed by atoms with van der Waals surface area (Å²) < 4.78 is 27.7. The van der Waals surface area contributed by atoms with Gasteiger partial charge in [0.2, 0.25) is 0 Å². The van der Waals surface area contributed by atoms with Gasteiger partial charge in [-0.2, -0.15) is 13.5 Å². The Morgan fingerprint density at radius 2 is 2.00 bits per heavy atom. The maximum atomic E-state index is 11.9. The van der Waals surface area contributed by atoms with Crippen LogP contribution < -0.4 is 4.72 Å². The van der Waals surface area contributed by atoms with Crippen LogP contribution >= 0.6 is 31.9 Å². The Balaban J connectivity index is 2.33. The molecule has 2 rings (SSSR count). The molecule has 0 aliphatic carbocycles. The smallest absolute Gasteiger partial charge is 0.277 e. The number of aromatic amines is 1. The minimum Gasteiger partial charge on any atom is -0.277 e. The molecule has 0 amide bonds. The first-order chi connectivity index (χ1) is 7.99. The summed E-state index contributed by atoms with van der Waals surface area (Å²) in [7, 11) is -3.62. The molecule has 0 radical (unpaired) electrons. The van der Waals surface area contributed by atoms with Crippen molar-refractivity contribution in [2.45, 2.75) is 5.03 Å². The third-order valence-electron chi connectivity index (χ3n) is 1.94. The van der Waals surface area contributed by atoms with Crippen molar-refractivity contribution >= 4 is 47.6 Å². The molecule has 0 saturated heterocycles. The van der Waals surface area contributed by atoms with Crippen LogP contribution in [0.25, 0.3) is 0 Å². The van der Waals surface area contributed by atoms with E-state index in [1.165, 1.54) is 12.3 Å².